The van der Waals surface area contributed by atoms with Crippen LogP contribution in [0.1, 0.15) is 18.1 Å². The lowest BCUT2D eigenvalue weighted by Gasteiger charge is -2.09. The zero-order chi connectivity index (χ0) is 12.7. The maximum absolute atomic E-state index is 11.3. The number of hydrogen-bond acceptors (Lipinski definition) is 3. The van der Waals surface area contributed by atoms with Gasteiger partial charge in [0, 0.05) is 13.1 Å². The topological polar surface area (TPSA) is 38.3 Å². The fraction of sp³-hybridized carbons (Fsp3) is 0.357. The molecule has 0 amide bonds. The van der Waals surface area contributed by atoms with Gasteiger partial charge >= 0.3 is 5.97 Å². The van der Waals surface area contributed by atoms with Crippen molar-refractivity contribution < 1.29 is 9.53 Å². The Labute approximate surface area is 102 Å². The first-order chi connectivity index (χ1) is 8.13. The molecule has 3 heteroatoms. The van der Waals surface area contributed by atoms with Crippen LogP contribution in [0.3, 0.4) is 0 Å². The zero-order valence-electron chi connectivity index (χ0n) is 10.5. The van der Waals surface area contributed by atoms with Gasteiger partial charge in [-0.3, -0.25) is 4.79 Å². The second kappa shape index (κ2) is 6.86. The molecule has 0 atom stereocenters. The Morgan fingerprint density at radius 3 is 2.59 bits per heavy atom. The Hall–Kier alpha value is -1.61. The van der Waals surface area contributed by atoms with Gasteiger partial charge in [0.2, 0.25) is 0 Å². The highest BCUT2D eigenvalue weighted by Crippen LogP contribution is 2.10. The molecule has 0 aliphatic carbocycles. The SMILES string of the molecule is C=C(C)CNCc1ccccc1CC(=O)OC. The summed E-state index contributed by atoms with van der Waals surface area (Å²) in [6.45, 7) is 7.33. The Balaban J connectivity index is 2.64. The van der Waals surface area contributed by atoms with Crippen molar-refractivity contribution in [2.45, 2.75) is 19.9 Å². The van der Waals surface area contributed by atoms with Crippen LogP contribution in [-0.2, 0) is 22.5 Å². The number of carbonyl (C=O) groups is 1. The summed E-state index contributed by atoms with van der Waals surface area (Å²) in [5.74, 6) is -0.211. The molecule has 17 heavy (non-hydrogen) atoms. The first kappa shape index (κ1) is 13.5. The summed E-state index contributed by atoms with van der Waals surface area (Å²) in [7, 11) is 1.41. The molecule has 0 spiro atoms. The molecule has 0 saturated heterocycles. The highest BCUT2D eigenvalue weighted by Gasteiger charge is 2.07. The fourth-order valence-electron chi connectivity index (χ4n) is 1.54. The summed E-state index contributed by atoms with van der Waals surface area (Å²) in [6.07, 6.45) is 0.321. The molecule has 0 unspecified atom stereocenters. The van der Waals surface area contributed by atoms with Gasteiger partial charge < -0.3 is 10.1 Å². The van der Waals surface area contributed by atoms with E-state index in [2.05, 4.69) is 16.6 Å². The highest BCUT2D eigenvalue weighted by molar-refractivity contribution is 5.72. The van der Waals surface area contributed by atoms with Gasteiger partial charge in [-0.05, 0) is 18.1 Å². The number of hydrogen-bond donors (Lipinski definition) is 1. The number of carbonyl (C=O) groups excluding carboxylic acids is 1. The van der Waals surface area contributed by atoms with Crippen molar-refractivity contribution in [1.29, 1.82) is 0 Å². The number of rotatable bonds is 6. The molecule has 0 aliphatic heterocycles. The highest BCUT2D eigenvalue weighted by atomic mass is 16.5. The van der Waals surface area contributed by atoms with Gasteiger partial charge in [-0.15, -0.1) is 0 Å². The number of benzene rings is 1. The van der Waals surface area contributed by atoms with Crippen LogP contribution in [0.5, 0.6) is 0 Å². The average Bonchev–Trinajstić information content (AvgIpc) is 2.30. The largest absolute Gasteiger partial charge is 0.469 e. The van der Waals surface area contributed by atoms with Crippen LogP contribution >= 0.6 is 0 Å². The molecule has 0 aromatic heterocycles. The van der Waals surface area contributed by atoms with E-state index >= 15 is 0 Å². The van der Waals surface area contributed by atoms with Crippen molar-refractivity contribution in [2.24, 2.45) is 0 Å². The number of ether oxygens (including phenoxy) is 1. The van der Waals surface area contributed by atoms with Gasteiger partial charge in [0.1, 0.15) is 0 Å². The molecule has 0 heterocycles. The molecule has 0 radical (unpaired) electrons. The van der Waals surface area contributed by atoms with E-state index in [1.54, 1.807) is 0 Å². The minimum Gasteiger partial charge on any atom is -0.469 e. The Morgan fingerprint density at radius 2 is 2.00 bits per heavy atom. The van der Waals surface area contributed by atoms with Crippen molar-refractivity contribution in [3.63, 3.8) is 0 Å². The van der Waals surface area contributed by atoms with Crippen molar-refractivity contribution in [2.75, 3.05) is 13.7 Å². The molecular weight excluding hydrogens is 214 g/mol. The molecule has 0 saturated carbocycles. The van der Waals surface area contributed by atoms with Crippen LogP contribution in [0.2, 0.25) is 0 Å². The van der Waals surface area contributed by atoms with E-state index < -0.39 is 0 Å². The molecule has 92 valence electrons. The first-order valence-electron chi connectivity index (χ1n) is 5.62. The molecule has 1 rings (SSSR count). The maximum atomic E-state index is 11.3. The monoisotopic (exact) mass is 233 g/mol. The molecule has 1 aromatic rings. The van der Waals surface area contributed by atoms with Crippen molar-refractivity contribution in [3.8, 4) is 0 Å². The van der Waals surface area contributed by atoms with Crippen molar-refractivity contribution >= 4 is 5.97 Å². The van der Waals surface area contributed by atoms with Crippen molar-refractivity contribution in [3.05, 3.63) is 47.5 Å². The van der Waals surface area contributed by atoms with E-state index in [1.807, 2.05) is 31.2 Å². The van der Waals surface area contributed by atoms with E-state index in [4.69, 9.17) is 0 Å². The smallest absolute Gasteiger partial charge is 0.309 e. The minimum atomic E-state index is -0.211. The standard InChI is InChI=1S/C14H19NO2/c1-11(2)9-15-10-13-7-5-4-6-12(13)8-14(16)17-3/h4-7,15H,1,8-10H2,2-3H3. The van der Waals surface area contributed by atoms with Crippen LogP contribution < -0.4 is 5.32 Å². The predicted octanol–water partition coefficient (Wildman–Crippen LogP) is 2.07. The lowest BCUT2D eigenvalue weighted by atomic mass is 10.0. The molecule has 0 fully saturated rings. The molecule has 3 nitrogen and oxygen atoms in total. The lowest BCUT2D eigenvalue weighted by Crippen LogP contribution is -2.17. The van der Waals surface area contributed by atoms with E-state index in [0.29, 0.717) is 6.42 Å². The van der Waals surface area contributed by atoms with Gasteiger partial charge in [-0.1, -0.05) is 36.4 Å². The summed E-state index contributed by atoms with van der Waals surface area (Å²) in [6, 6.07) is 7.87. The van der Waals surface area contributed by atoms with Gasteiger partial charge in [0.15, 0.2) is 0 Å². The van der Waals surface area contributed by atoms with Crippen LogP contribution in [0.4, 0.5) is 0 Å². The summed E-state index contributed by atoms with van der Waals surface area (Å²) in [5, 5.41) is 3.28. The third-order valence-corrected chi connectivity index (χ3v) is 2.42. The Kier molecular flexibility index (Phi) is 5.43. The van der Waals surface area contributed by atoms with E-state index in [1.165, 1.54) is 7.11 Å². The van der Waals surface area contributed by atoms with E-state index in [9.17, 15) is 4.79 Å². The average molecular weight is 233 g/mol. The predicted molar refractivity (Wildman–Crippen MR) is 68.7 cm³/mol. The van der Waals surface area contributed by atoms with Crippen LogP contribution in [0.15, 0.2) is 36.4 Å². The zero-order valence-corrected chi connectivity index (χ0v) is 10.5. The molecule has 1 aromatic carbocycles. The van der Waals surface area contributed by atoms with E-state index in [-0.39, 0.29) is 5.97 Å². The molecule has 0 aliphatic rings. The van der Waals surface area contributed by atoms with Gasteiger partial charge in [-0.2, -0.15) is 0 Å². The van der Waals surface area contributed by atoms with Crippen LogP contribution in [0, 0.1) is 0 Å². The number of nitrogens with one attached hydrogen (secondary N) is 1. The van der Waals surface area contributed by atoms with Crippen molar-refractivity contribution in [1.82, 2.24) is 5.32 Å². The van der Waals surface area contributed by atoms with Gasteiger partial charge in [0.25, 0.3) is 0 Å². The fourth-order valence-corrected chi connectivity index (χ4v) is 1.54. The molecule has 1 N–H and O–H groups in total. The summed E-state index contributed by atoms with van der Waals surface area (Å²) in [5.41, 5.74) is 3.23. The van der Waals surface area contributed by atoms with E-state index in [0.717, 1.165) is 29.8 Å². The van der Waals surface area contributed by atoms with Gasteiger partial charge in [0.05, 0.1) is 13.5 Å². The number of methoxy groups -OCH3 is 1. The third kappa shape index (κ3) is 4.83. The first-order valence-corrected chi connectivity index (χ1v) is 5.62. The third-order valence-electron chi connectivity index (χ3n) is 2.42. The number of esters is 1. The Morgan fingerprint density at radius 1 is 1.35 bits per heavy atom. The van der Waals surface area contributed by atoms with Gasteiger partial charge in [-0.25, -0.2) is 0 Å². The van der Waals surface area contributed by atoms with Crippen LogP contribution in [-0.4, -0.2) is 19.6 Å². The Bertz CT molecular complexity index is 399. The summed E-state index contributed by atoms with van der Waals surface area (Å²) in [4.78, 5) is 11.3. The second-order valence-corrected chi connectivity index (χ2v) is 4.08. The van der Waals surface area contributed by atoms with Crippen LogP contribution in [0.25, 0.3) is 0 Å². The summed E-state index contributed by atoms with van der Waals surface area (Å²) < 4.78 is 4.68. The molecular formula is C14H19NO2. The normalized spacial score (nSPS) is 10.0. The quantitative estimate of drug-likeness (QED) is 0.604. The second-order valence-electron chi connectivity index (χ2n) is 4.08. The lowest BCUT2D eigenvalue weighted by molar-refractivity contribution is -0.139. The minimum absolute atomic E-state index is 0.211. The maximum Gasteiger partial charge on any atom is 0.309 e. The summed E-state index contributed by atoms with van der Waals surface area (Å²) >= 11 is 0. The molecule has 0 bridgehead atoms.